The fourth-order valence-corrected chi connectivity index (χ4v) is 1.49. The minimum atomic E-state index is 0.800. The van der Waals surface area contributed by atoms with E-state index in [1.54, 1.807) is 0 Å². The van der Waals surface area contributed by atoms with E-state index in [0.717, 1.165) is 18.6 Å². The number of fused-ring (bicyclic) bond motifs is 1. The molecule has 0 spiro atoms. The molecule has 0 atom stereocenters. The van der Waals surface area contributed by atoms with Crippen LogP contribution in [0.1, 0.15) is 17.5 Å². The van der Waals surface area contributed by atoms with Crippen molar-refractivity contribution in [1.82, 2.24) is 0 Å². The van der Waals surface area contributed by atoms with Crippen molar-refractivity contribution in [3.05, 3.63) is 41.5 Å². The quantitative estimate of drug-likeness (QED) is 0.598. The molecule has 0 saturated heterocycles. The first-order valence-corrected chi connectivity index (χ1v) is 4.17. The second-order valence-electron chi connectivity index (χ2n) is 3.09. The van der Waals surface area contributed by atoms with E-state index in [-0.39, 0.29) is 0 Å². The van der Waals surface area contributed by atoms with E-state index in [1.807, 2.05) is 12.1 Å². The van der Waals surface area contributed by atoms with Crippen LogP contribution in [0.5, 0.6) is 0 Å². The van der Waals surface area contributed by atoms with E-state index < -0.39 is 0 Å². The smallest absolute Gasteiger partial charge is 0.0171 e. The lowest BCUT2D eigenvalue weighted by Crippen LogP contribution is -1.98. The molecule has 0 aliphatic heterocycles. The summed E-state index contributed by atoms with van der Waals surface area (Å²) in [6, 6.07) is 8.27. The van der Waals surface area contributed by atoms with Crippen molar-refractivity contribution in [3.63, 3.8) is 0 Å². The Labute approximate surface area is 72.2 Å². The molecule has 0 unspecified atom stereocenters. The Kier molecular flexibility index (Phi) is 1.78. The molecular formula is C11H11N. The van der Waals surface area contributed by atoms with Gasteiger partial charge in [0.15, 0.2) is 0 Å². The van der Waals surface area contributed by atoms with E-state index in [0.29, 0.717) is 0 Å². The first kappa shape index (κ1) is 7.29. The van der Waals surface area contributed by atoms with Crippen LogP contribution in [-0.2, 0) is 6.42 Å². The van der Waals surface area contributed by atoms with Gasteiger partial charge in [0.05, 0.1) is 0 Å². The van der Waals surface area contributed by atoms with Crippen molar-refractivity contribution in [2.45, 2.75) is 12.8 Å². The van der Waals surface area contributed by atoms with Gasteiger partial charge in [-0.1, -0.05) is 36.4 Å². The maximum Gasteiger partial charge on any atom is 0.0171 e. The van der Waals surface area contributed by atoms with Gasteiger partial charge in [-0.25, -0.2) is 0 Å². The molecule has 0 saturated carbocycles. The number of benzene rings is 1. The van der Waals surface area contributed by atoms with Gasteiger partial charge in [0.25, 0.3) is 0 Å². The Morgan fingerprint density at radius 2 is 2.00 bits per heavy atom. The highest BCUT2D eigenvalue weighted by molar-refractivity contribution is 5.88. The van der Waals surface area contributed by atoms with Crippen LogP contribution in [0.4, 0.5) is 0 Å². The molecule has 0 aromatic heterocycles. The van der Waals surface area contributed by atoms with Gasteiger partial charge in [0.1, 0.15) is 0 Å². The Hall–Kier alpha value is -1.37. The van der Waals surface area contributed by atoms with Gasteiger partial charge in [0.2, 0.25) is 0 Å². The Morgan fingerprint density at radius 3 is 2.92 bits per heavy atom. The third-order valence-electron chi connectivity index (χ3n) is 2.12. The molecule has 0 fully saturated rings. The first-order valence-electron chi connectivity index (χ1n) is 4.17. The van der Waals surface area contributed by atoms with E-state index in [1.165, 1.54) is 11.1 Å². The summed E-state index contributed by atoms with van der Waals surface area (Å²) in [5, 5.41) is 7.61. The van der Waals surface area contributed by atoms with Crippen LogP contribution in [0.25, 0.3) is 6.08 Å². The second-order valence-corrected chi connectivity index (χ2v) is 3.09. The van der Waals surface area contributed by atoms with Gasteiger partial charge < -0.3 is 5.41 Å². The number of allylic oxidation sites excluding steroid dienone is 1. The van der Waals surface area contributed by atoms with Crippen LogP contribution in [-0.4, -0.2) is 5.71 Å². The first-order chi connectivity index (χ1) is 5.86. The summed E-state index contributed by atoms with van der Waals surface area (Å²) < 4.78 is 0. The van der Waals surface area contributed by atoms with Gasteiger partial charge in [-0.3, -0.25) is 0 Å². The maximum absolute atomic E-state index is 7.61. The summed E-state index contributed by atoms with van der Waals surface area (Å²) in [5.74, 6) is 0. The predicted octanol–water partition coefficient (Wildman–Crippen LogP) is 2.67. The Bertz CT molecular complexity index is 337. The van der Waals surface area contributed by atoms with E-state index >= 15 is 0 Å². The third-order valence-corrected chi connectivity index (χ3v) is 2.12. The zero-order chi connectivity index (χ0) is 8.39. The molecule has 1 aromatic carbocycles. The second kappa shape index (κ2) is 2.94. The highest BCUT2D eigenvalue weighted by atomic mass is 14.4. The molecule has 1 aliphatic carbocycles. The van der Waals surface area contributed by atoms with Crippen LogP contribution in [0.15, 0.2) is 30.3 Å². The fourth-order valence-electron chi connectivity index (χ4n) is 1.49. The van der Waals surface area contributed by atoms with Crippen molar-refractivity contribution < 1.29 is 0 Å². The lowest BCUT2D eigenvalue weighted by atomic mass is 10.0. The predicted molar refractivity (Wildman–Crippen MR) is 51.5 cm³/mol. The number of nitrogens with one attached hydrogen (secondary N) is 1. The molecule has 2 rings (SSSR count). The van der Waals surface area contributed by atoms with E-state index in [4.69, 9.17) is 5.41 Å². The number of rotatable bonds is 0. The van der Waals surface area contributed by atoms with Crippen molar-refractivity contribution in [2.75, 3.05) is 0 Å². The molecule has 1 N–H and O–H groups in total. The standard InChI is InChI=1S/C11H11N/c12-11-7-3-6-9-4-1-2-5-10(9)8-11/h1-6,12H,7-8H2. The average Bonchev–Trinajstić information content (AvgIpc) is 2.25. The lowest BCUT2D eigenvalue weighted by molar-refractivity contribution is 1.23. The minimum Gasteiger partial charge on any atom is -0.309 e. The summed E-state index contributed by atoms with van der Waals surface area (Å²) in [5.41, 5.74) is 3.34. The van der Waals surface area contributed by atoms with Crippen molar-refractivity contribution in [3.8, 4) is 0 Å². The monoisotopic (exact) mass is 157 g/mol. The van der Waals surface area contributed by atoms with Gasteiger partial charge in [-0.15, -0.1) is 0 Å². The van der Waals surface area contributed by atoms with Crippen LogP contribution in [0.3, 0.4) is 0 Å². The van der Waals surface area contributed by atoms with Gasteiger partial charge in [-0.2, -0.15) is 0 Å². The Balaban J connectivity index is 2.48. The zero-order valence-electron chi connectivity index (χ0n) is 6.88. The highest BCUT2D eigenvalue weighted by Gasteiger charge is 2.04. The van der Waals surface area contributed by atoms with E-state index in [9.17, 15) is 0 Å². The highest BCUT2D eigenvalue weighted by Crippen LogP contribution is 2.16. The molecule has 0 amide bonds. The lowest BCUT2D eigenvalue weighted by Gasteiger charge is -2.01. The summed E-state index contributed by atoms with van der Waals surface area (Å²) in [7, 11) is 0. The molecule has 1 aromatic rings. The average molecular weight is 157 g/mol. The van der Waals surface area contributed by atoms with Crippen molar-refractivity contribution >= 4 is 11.8 Å². The zero-order valence-corrected chi connectivity index (χ0v) is 6.88. The van der Waals surface area contributed by atoms with Crippen molar-refractivity contribution in [1.29, 1.82) is 5.41 Å². The topological polar surface area (TPSA) is 23.9 Å². The molecule has 60 valence electrons. The molecule has 12 heavy (non-hydrogen) atoms. The SMILES string of the molecule is N=C1CC=Cc2ccccc2C1. The minimum absolute atomic E-state index is 0.800. The summed E-state index contributed by atoms with van der Waals surface area (Å²) in [6.07, 6.45) is 5.78. The summed E-state index contributed by atoms with van der Waals surface area (Å²) >= 11 is 0. The summed E-state index contributed by atoms with van der Waals surface area (Å²) in [6.45, 7) is 0. The maximum atomic E-state index is 7.61. The van der Waals surface area contributed by atoms with Gasteiger partial charge in [0, 0.05) is 18.6 Å². The molecule has 1 aliphatic rings. The van der Waals surface area contributed by atoms with Gasteiger partial charge in [-0.05, 0) is 11.1 Å². The van der Waals surface area contributed by atoms with Crippen molar-refractivity contribution in [2.24, 2.45) is 0 Å². The van der Waals surface area contributed by atoms with Gasteiger partial charge >= 0.3 is 0 Å². The van der Waals surface area contributed by atoms with Crippen LogP contribution >= 0.6 is 0 Å². The molecule has 0 radical (unpaired) electrons. The largest absolute Gasteiger partial charge is 0.309 e. The van der Waals surface area contributed by atoms with Crippen LogP contribution < -0.4 is 0 Å². The molecular weight excluding hydrogens is 146 g/mol. The molecule has 0 heterocycles. The number of hydrogen-bond acceptors (Lipinski definition) is 1. The van der Waals surface area contributed by atoms with Crippen LogP contribution in [0, 0.1) is 5.41 Å². The molecule has 1 heteroatoms. The fraction of sp³-hybridized carbons (Fsp3) is 0.182. The third kappa shape index (κ3) is 1.30. The van der Waals surface area contributed by atoms with Crippen LogP contribution in [0.2, 0.25) is 0 Å². The number of hydrogen-bond donors (Lipinski definition) is 1. The normalized spacial score (nSPS) is 15.5. The Morgan fingerprint density at radius 1 is 1.17 bits per heavy atom. The summed E-state index contributed by atoms with van der Waals surface area (Å²) in [4.78, 5) is 0. The molecule has 0 bridgehead atoms. The molecule has 1 nitrogen and oxygen atoms in total. The van der Waals surface area contributed by atoms with E-state index in [2.05, 4.69) is 24.3 Å².